The van der Waals surface area contributed by atoms with E-state index in [4.69, 9.17) is 4.74 Å². The summed E-state index contributed by atoms with van der Waals surface area (Å²) < 4.78 is 18.7. The van der Waals surface area contributed by atoms with Crippen LogP contribution in [0.2, 0.25) is 0 Å². The third kappa shape index (κ3) is 3.43. The zero-order chi connectivity index (χ0) is 13.2. The van der Waals surface area contributed by atoms with E-state index in [0.717, 1.165) is 12.8 Å². The minimum atomic E-state index is -0.441. The molecule has 1 saturated carbocycles. The monoisotopic (exact) mass is 253 g/mol. The molecular weight excluding hydrogens is 233 g/mol. The van der Waals surface area contributed by atoms with Gasteiger partial charge in [0.05, 0.1) is 12.1 Å². The van der Waals surface area contributed by atoms with Crippen LogP contribution in [-0.4, -0.2) is 29.9 Å². The average Bonchev–Trinajstić information content (AvgIpc) is 3.15. The number of hydrogen-bond acceptors (Lipinski definition) is 3. The molecule has 1 atom stereocenters. The van der Waals surface area contributed by atoms with Gasteiger partial charge in [-0.15, -0.1) is 0 Å². The lowest BCUT2D eigenvalue weighted by Gasteiger charge is -2.28. The highest BCUT2D eigenvalue weighted by molar-refractivity contribution is 5.28. The van der Waals surface area contributed by atoms with Crippen LogP contribution in [0.4, 0.5) is 4.39 Å². The predicted octanol–water partition coefficient (Wildman–Crippen LogP) is 2.02. The van der Waals surface area contributed by atoms with Crippen molar-refractivity contribution in [3.05, 3.63) is 29.6 Å². The van der Waals surface area contributed by atoms with Gasteiger partial charge >= 0.3 is 0 Å². The van der Waals surface area contributed by atoms with Crippen molar-refractivity contribution < 1.29 is 14.2 Å². The lowest BCUT2D eigenvalue weighted by molar-refractivity contribution is 0.114. The van der Waals surface area contributed by atoms with Gasteiger partial charge in [-0.2, -0.15) is 0 Å². The Morgan fingerprint density at radius 2 is 2.22 bits per heavy atom. The van der Waals surface area contributed by atoms with Gasteiger partial charge in [0.25, 0.3) is 0 Å². The van der Waals surface area contributed by atoms with Crippen LogP contribution >= 0.6 is 0 Å². The Balaban J connectivity index is 1.93. The fourth-order valence-electron chi connectivity index (χ4n) is 1.80. The van der Waals surface area contributed by atoms with E-state index in [1.165, 1.54) is 6.07 Å². The number of aliphatic hydroxyl groups is 1. The van der Waals surface area contributed by atoms with Crippen molar-refractivity contribution in [1.82, 2.24) is 5.32 Å². The van der Waals surface area contributed by atoms with Crippen LogP contribution in [0.25, 0.3) is 0 Å². The Bertz CT molecular complexity index is 420. The first kappa shape index (κ1) is 13.3. The smallest absolute Gasteiger partial charge is 0.126 e. The minimum absolute atomic E-state index is 0.0175. The molecule has 1 unspecified atom stereocenters. The van der Waals surface area contributed by atoms with E-state index < -0.39 is 5.54 Å². The summed E-state index contributed by atoms with van der Waals surface area (Å²) >= 11 is 0. The van der Waals surface area contributed by atoms with Crippen molar-refractivity contribution in [3.8, 4) is 5.75 Å². The van der Waals surface area contributed by atoms with Crippen LogP contribution in [0.1, 0.15) is 25.3 Å². The molecule has 0 radical (unpaired) electrons. The van der Waals surface area contributed by atoms with Gasteiger partial charge in [0.15, 0.2) is 0 Å². The van der Waals surface area contributed by atoms with Crippen LogP contribution in [0.5, 0.6) is 5.75 Å². The number of ether oxygens (including phenoxy) is 1. The summed E-state index contributed by atoms with van der Waals surface area (Å²) in [5.74, 6) is 0.398. The lowest BCUT2D eigenvalue weighted by atomic mass is 10.1. The summed E-state index contributed by atoms with van der Waals surface area (Å²) in [4.78, 5) is 0. The summed E-state index contributed by atoms with van der Waals surface area (Å²) in [6.07, 6.45) is 2.32. The molecule has 1 fully saturated rings. The molecule has 0 aliphatic heterocycles. The Morgan fingerprint density at radius 1 is 1.50 bits per heavy atom. The van der Waals surface area contributed by atoms with Crippen molar-refractivity contribution >= 4 is 0 Å². The molecule has 1 aliphatic rings. The second kappa shape index (κ2) is 5.24. The molecule has 4 heteroatoms. The van der Waals surface area contributed by atoms with Gasteiger partial charge in [0.1, 0.15) is 18.2 Å². The Labute approximate surface area is 107 Å². The summed E-state index contributed by atoms with van der Waals surface area (Å²) in [7, 11) is 0. The summed E-state index contributed by atoms with van der Waals surface area (Å²) in [6, 6.07) is 5.18. The first-order chi connectivity index (χ1) is 8.52. The maximum atomic E-state index is 13.1. The maximum absolute atomic E-state index is 13.1. The molecule has 1 aromatic rings. The standard InChI is InChI=1S/C14H20FNO2/c1-10-7-12(5-6-13(10)15)18-9-14(2,8-17)16-11-3-4-11/h5-7,11,16-17H,3-4,8-9H2,1-2H3. The molecule has 0 heterocycles. The van der Waals surface area contributed by atoms with E-state index in [0.29, 0.717) is 24.0 Å². The predicted molar refractivity (Wildman–Crippen MR) is 68.3 cm³/mol. The molecule has 0 spiro atoms. The van der Waals surface area contributed by atoms with Crippen LogP contribution < -0.4 is 10.1 Å². The van der Waals surface area contributed by atoms with Gasteiger partial charge in [-0.25, -0.2) is 4.39 Å². The van der Waals surface area contributed by atoms with E-state index in [1.807, 2.05) is 6.92 Å². The molecule has 1 aliphatic carbocycles. The van der Waals surface area contributed by atoms with E-state index in [-0.39, 0.29) is 12.4 Å². The number of halogens is 1. The van der Waals surface area contributed by atoms with Crippen LogP contribution in [0, 0.1) is 12.7 Å². The molecule has 0 bridgehead atoms. The zero-order valence-corrected chi connectivity index (χ0v) is 10.9. The number of aryl methyl sites for hydroxylation is 1. The van der Waals surface area contributed by atoms with Gasteiger partial charge in [0.2, 0.25) is 0 Å². The molecule has 1 aromatic carbocycles. The highest BCUT2D eigenvalue weighted by Gasteiger charge is 2.32. The van der Waals surface area contributed by atoms with E-state index in [9.17, 15) is 9.50 Å². The quantitative estimate of drug-likeness (QED) is 0.815. The minimum Gasteiger partial charge on any atom is -0.492 e. The van der Waals surface area contributed by atoms with Gasteiger partial charge in [0, 0.05) is 6.04 Å². The highest BCUT2D eigenvalue weighted by Crippen LogP contribution is 2.23. The molecule has 2 N–H and O–H groups in total. The van der Waals surface area contributed by atoms with Gasteiger partial charge in [-0.3, -0.25) is 0 Å². The Morgan fingerprint density at radius 3 is 2.78 bits per heavy atom. The summed E-state index contributed by atoms with van der Waals surface area (Å²) in [6.45, 7) is 4.02. The normalized spacial score (nSPS) is 18.4. The molecule has 0 aromatic heterocycles. The molecular formula is C14H20FNO2. The lowest BCUT2D eigenvalue weighted by Crippen LogP contribution is -2.51. The van der Waals surface area contributed by atoms with E-state index in [2.05, 4.69) is 5.32 Å². The second-order valence-corrected chi connectivity index (χ2v) is 5.34. The Hall–Kier alpha value is -1.13. The van der Waals surface area contributed by atoms with Crippen molar-refractivity contribution in [1.29, 1.82) is 0 Å². The first-order valence-electron chi connectivity index (χ1n) is 6.30. The Kier molecular flexibility index (Phi) is 3.88. The molecule has 100 valence electrons. The molecule has 3 nitrogen and oxygen atoms in total. The van der Waals surface area contributed by atoms with Gasteiger partial charge in [-0.1, -0.05) is 0 Å². The zero-order valence-electron chi connectivity index (χ0n) is 10.9. The van der Waals surface area contributed by atoms with Crippen molar-refractivity contribution in [2.24, 2.45) is 0 Å². The third-order valence-electron chi connectivity index (χ3n) is 3.17. The van der Waals surface area contributed by atoms with Gasteiger partial charge in [-0.05, 0) is 50.5 Å². The fourth-order valence-corrected chi connectivity index (χ4v) is 1.80. The first-order valence-corrected chi connectivity index (χ1v) is 6.30. The van der Waals surface area contributed by atoms with Gasteiger partial charge < -0.3 is 15.2 Å². The van der Waals surface area contributed by atoms with E-state index in [1.54, 1.807) is 19.1 Å². The summed E-state index contributed by atoms with van der Waals surface area (Å²) in [5.41, 5.74) is 0.122. The number of aliphatic hydroxyl groups excluding tert-OH is 1. The SMILES string of the molecule is Cc1cc(OCC(C)(CO)NC2CC2)ccc1F. The topological polar surface area (TPSA) is 41.5 Å². The molecule has 0 saturated heterocycles. The number of hydrogen-bond donors (Lipinski definition) is 2. The van der Waals surface area contributed by atoms with E-state index >= 15 is 0 Å². The van der Waals surface area contributed by atoms with Crippen molar-refractivity contribution in [3.63, 3.8) is 0 Å². The maximum Gasteiger partial charge on any atom is 0.126 e. The summed E-state index contributed by atoms with van der Waals surface area (Å²) in [5, 5.41) is 12.8. The fraction of sp³-hybridized carbons (Fsp3) is 0.571. The highest BCUT2D eigenvalue weighted by atomic mass is 19.1. The molecule has 18 heavy (non-hydrogen) atoms. The number of rotatable bonds is 6. The number of benzene rings is 1. The third-order valence-corrected chi connectivity index (χ3v) is 3.17. The second-order valence-electron chi connectivity index (χ2n) is 5.34. The largest absolute Gasteiger partial charge is 0.492 e. The van der Waals surface area contributed by atoms with Crippen LogP contribution in [0.3, 0.4) is 0 Å². The molecule has 0 amide bonds. The van der Waals surface area contributed by atoms with Crippen molar-refractivity contribution in [2.45, 2.75) is 38.3 Å². The average molecular weight is 253 g/mol. The molecule has 2 rings (SSSR count). The van der Waals surface area contributed by atoms with Crippen molar-refractivity contribution in [2.75, 3.05) is 13.2 Å². The van der Waals surface area contributed by atoms with Crippen LogP contribution in [-0.2, 0) is 0 Å². The van der Waals surface area contributed by atoms with Crippen LogP contribution in [0.15, 0.2) is 18.2 Å². The number of nitrogens with one attached hydrogen (secondary N) is 1.